The van der Waals surface area contributed by atoms with Gasteiger partial charge in [-0.2, -0.15) is 5.26 Å². The molecule has 0 spiro atoms. The van der Waals surface area contributed by atoms with Gasteiger partial charge in [0.15, 0.2) is 0 Å². The SMILES string of the molecule is CCCC(C#N)NC(=O)c1cccnc1OC. The molecule has 5 heteroatoms. The van der Waals surface area contributed by atoms with E-state index >= 15 is 0 Å². The first-order chi connectivity index (χ1) is 8.22. The largest absolute Gasteiger partial charge is 0.480 e. The third kappa shape index (κ3) is 3.45. The summed E-state index contributed by atoms with van der Waals surface area (Å²) in [6.07, 6.45) is 3.01. The van der Waals surface area contributed by atoms with Crippen LogP contribution < -0.4 is 10.1 Å². The van der Waals surface area contributed by atoms with Crippen molar-refractivity contribution in [2.45, 2.75) is 25.8 Å². The molecule has 0 bridgehead atoms. The zero-order valence-electron chi connectivity index (χ0n) is 9.93. The molecule has 17 heavy (non-hydrogen) atoms. The lowest BCUT2D eigenvalue weighted by atomic mass is 10.1. The van der Waals surface area contributed by atoms with Gasteiger partial charge in [-0.1, -0.05) is 13.3 Å². The van der Waals surface area contributed by atoms with Gasteiger partial charge >= 0.3 is 0 Å². The highest BCUT2D eigenvalue weighted by Crippen LogP contribution is 2.13. The molecule has 0 aliphatic rings. The molecule has 90 valence electrons. The number of nitrogens with zero attached hydrogens (tertiary/aromatic N) is 2. The quantitative estimate of drug-likeness (QED) is 0.836. The molecule has 1 amide bonds. The highest BCUT2D eigenvalue weighted by atomic mass is 16.5. The number of hydrogen-bond acceptors (Lipinski definition) is 4. The lowest BCUT2D eigenvalue weighted by molar-refractivity contribution is 0.0940. The van der Waals surface area contributed by atoms with Gasteiger partial charge in [0.2, 0.25) is 5.88 Å². The van der Waals surface area contributed by atoms with E-state index < -0.39 is 6.04 Å². The summed E-state index contributed by atoms with van der Waals surface area (Å²) in [4.78, 5) is 15.8. The van der Waals surface area contributed by atoms with Gasteiger partial charge in [-0.05, 0) is 18.6 Å². The van der Waals surface area contributed by atoms with Crippen molar-refractivity contribution < 1.29 is 9.53 Å². The molecule has 0 saturated heterocycles. The summed E-state index contributed by atoms with van der Waals surface area (Å²) in [6, 6.07) is 4.84. The molecule has 1 unspecified atom stereocenters. The van der Waals surface area contributed by atoms with Crippen molar-refractivity contribution in [2.75, 3.05) is 7.11 Å². The second kappa shape index (κ2) is 6.48. The number of nitriles is 1. The molecule has 1 N–H and O–H groups in total. The molecule has 1 aromatic heterocycles. The fraction of sp³-hybridized carbons (Fsp3) is 0.417. The van der Waals surface area contributed by atoms with Crippen LogP contribution in [-0.2, 0) is 0 Å². The molecule has 0 fully saturated rings. The number of methoxy groups -OCH3 is 1. The van der Waals surface area contributed by atoms with Crippen molar-refractivity contribution in [1.82, 2.24) is 10.3 Å². The molecule has 5 nitrogen and oxygen atoms in total. The standard InChI is InChI=1S/C12H15N3O2/c1-3-5-9(8-13)15-11(16)10-6-4-7-14-12(10)17-2/h4,6-7,9H,3,5H2,1-2H3,(H,15,16). The van der Waals surface area contributed by atoms with Crippen LogP contribution in [0.4, 0.5) is 0 Å². The van der Waals surface area contributed by atoms with Crippen molar-refractivity contribution in [3.63, 3.8) is 0 Å². The zero-order valence-corrected chi connectivity index (χ0v) is 9.93. The van der Waals surface area contributed by atoms with Crippen LogP contribution in [0.25, 0.3) is 0 Å². The zero-order chi connectivity index (χ0) is 12.7. The Kier molecular flexibility index (Phi) is 4.95. The average molecular weight is 233 g/mol. The Hall–Kier alpha value is -2.09. The fourth-order valence-corrected chi connectivity index (χ4v) is 1.42. The van der Waals surface area contributed by atoms with Crippen molar-refractivity contribution in [1.29, 1.82) is 5.26 Å². The van der Waals surface area contributed by atoms with Crippen LogP contribution >= 0.6 is 0 Å². The third-order valence-corrected chi connectivity index (χ3v) is 2.25. The van der Waals surface area contributed by atoms with Gasteiger partial charge in [0.05, 0.1) is 13.2 Å². The first-order valence-electron chi connectivity index (χ1n) is 5.42. The Morgan fingerprint density at radius 1 is 1.71 bits per heavy atom. The van der Waals surface area contributed by atoms with E-state index in [1.54, 1.807) is 18.3 Å². The van der Waals surface area contributed by atoms with Crippen LogP contribution in [0.1, 0.15) is 30.1 Å². The minimum absolute atomic E-state index is 0.262. The maximum atomic E-state index is 11.9. The molecule has 0 saturated carbocycles. The summed E-state index contributed by atoms with van der Waals surface area (Å²) in [6.45, 7) is 1.96. The number of aromatic nitrogens is 1. The summed E-state index contributed by atoms with van der Waals surface area (Å²) in [5.74, 6) is -0.0758. The highest BCUT2D eigenvalue weighted by molar-refractivity contribution is 5.96. The van der Waals surface area contributed by atoms with E-state index in [-0.39, 0.29) is 11.8 Å². The summed E-state index contributed by atoms with van der Waals surface area (Å²) in [5.41, 5.74) is 0.339. The van der Waals surface area contributed by atoms with Crippen molar-refractivity contribution in [2.24, 2.45) is 0 Å². The fourth-order valence-electron chi connectivity index (χ4n) is 1.42. The molecule has 0 aromatic carbocycles. The normalized spacial score (nSPS) is 11.4. The van der Waals surface area contributed by atoms with Crippen LogP contribution in [0.2, 0.25) is 0 Å². The van der Waals surface area contributed by atoms with Crippen LogP contribution in [-0.4, -0.2) is 24.0 Å². The summed E-state index contributed by atoms with van der Waals surface area (Å²) < 4.78 is 4.99. The van der Waals surface area contributed by atoms with Crippen LogP contribution in [0.5, 0.6) is 5.88 Å². The Bertz CT molecular complexity index is 426. The molecule has 0 aliphatic carbocycles. The van der Waals surface area contributed by atoms with Crippen molar-refractivity contribution in [3.05, 3.63) is 23.9 Å². The van der Waals surface area contributed by atoms with Gasteiger partial charge in [0, 0.05) is 6.20 Å². The van der Waals surface area contributed by atoms with E-state index in [2.05, 4.69) is 10.3 Å². The van der Waals surface area contributed by atoms with Gasteiger partial charge in [-0.3, -0.25) is 4.79 Å². The summed E-state index contributed by atoms with van der Waals surface area (Å²) >= 11 is 0. The van der Waals surface area contributed by atoms with Crippen LogP contribution in [0, 0.1) is 11.3 Å². The monoisotopic (exact) mass is 233 g/mol. The Morgan fingerprint density at radius 3 is 3.06 bits per heavy atom. The van der Waals surface area contributed by atoms with Crippen LogP contribution in [0.3, 0.4) is 0 Å². The van der Waals surface area contributed by atoms with Gasteiger partial charge < -0.3 is 10.1 Å². The predicted molar refractivity (Wildman–Crippen MR) is 62.6 cm³/mol. The first-order valence-corrected chi connectivity index (χ1v) is 5.42. The lowest BCUT2D eigenvalue weighted by Gasteiger charge is -2.11. The van der Waals surface area contributed by atoms with E-state index in [9.17, 15) is 4.79 Å². The van der Waals surface area contributed by atoms with Crippen molar-refractivity contribution in [3.8, 4) is 11.9 Å². The van der Waals surface area contributed by atoms with Crippen molar-refractivity contribution >= 4 is 5.91 Å². The Balaban J connectivity index is 2.79. The minimum Gasteiger partial charge on any atom is -0.480 e. The van der Waals surface area contributed by atoms with E-state index in [1.165, 1.54) is 7.11 Å². The number of carbonyl (C=O) groups excluding carboxylic acids is 1. The molecule has 1 aromatic rings. The Labute approximate surface area is 100 Å². The predicted octanol–water partition coefficient (Wildman–Crippen LogP) is 1.51. The molecule has 1 atom stereocenters. The molecule has 1 rings (SSSR count). The van der Waals surface area contributed by atoms with E-state index in [4.69, 9.17) is 10.00 Å². The number of ether oxygens (including phenoxy) is 1. The Morgan fingerprint density at radius 2 is 2.47 bits per heavy atom. The van der Waals surface area contributed by atoms with E-state index in [0.29, 0.717) is 12.0 Å². The van der Waals surface area contributed by atoms with Gasteiger partial charge in [-0.15, -0.1) is 0 Å². The van der Waals surface area contributed by atoms with E-state index in [0.717, 1.165) is 6.42 Å². The number of nitrogens with one attached hydrogen (secondary N) is 1. The number of amides is 1. The second-order valence-electron chi connectivity index (χ2n) is 3.50. The number of carbonyl (C=O) groups is 1. The summed E-state index contributed by atoms with van der Waals surface area (Å²) in [7, 11) is 1.45. The first kappa shape index (κ1) is 13.0. The van der Waals surface area contributed by atoms with Gasteiger partial charge in [0.25, 0.3) is 5.91 Å². The van der Waals surface area contributed by atoms with Crippen LogP contribution in [0.15, 0.2) is 18.3 Å². The number of pyridine rings is 1. The molecular formula is C12H15N3O2. The van der Waals surface area contributed by atoms with Gasteiger partial charge in [-0.25, -0.2) is 4.98 Å². The minimum atomic E-state index is -0.475. The highest BCUT2D eigenvalue weighted by Gasteiger charge is 2.16. The molecular weight excluding hydrogens is 218 g/mol. The maximum Gasteiger partial charge on any atom is 0.257 e. The number of hydrogen-bond donors (Lipinski definition) is 1. The molecule has 0 aliphatic heterocycles. The van der Waals surface area contributed by atoms with E-state index in [1.807, 2.05) is 13.0 Å². The molecule has 1 heterocycles. The topological polar surface area (TPSA) is 75.0 Å². The lowest BCUT2D eigenvalue weighted by Crippen LogP contribution is -2.33. The third-order valence-electron chi connectivity index (χ3n) is 2.25. The van der Waals surface area contributed by atoms with Gasteiger partial charge in [0.1, 0.15) is 11.6 Å². The number of rotatable bonds is 5. The smallest absolute Gasteiger partial charge is 0.257 e. The average Bonchev–Trinajstić information content (AvgIpc) is 2.38. The second-order valence-corrected chi connectivity index (χ2v) is 3.50. The maximum absolute atomic E-state index is 11.9. The summed E-state index contributed by atoms with van der Waals surface area (Å²) in [5, 5.41) is 11.5. The molecule has 0 radical (unpaired) electrons.